The maximum atomic E-state index is 11.6. The Morgan fingerprint density at radius 3 is 1.40 bits per heavy atom. The Hall–Kier alpha value is -0.510. The highest BCUT2D eigenvalue weighted by molar-refractivity contribution is 7.10. The molecule has 0 aromatic carbocycles. The van der Waals surface area contributed by atoms with Gasteiger partial charge >= 0.3 is 5.97 Å². The molecule has 314 valence electrons. The summed E-state index contributed by atoms with van der Waals surface area (Å²) in [5, 5.41) is 20.4. The lowest BCUT2D eigenvalue weighted by Gasteiger charge is -2.61. The van der Waals surface area contributed by atoms with Crippen LogP contribution < -0.4 is 0 Å². The molecule has 0 spiro atoms. The van der Waals surface area contributed by atoms with E-state index in [1.165, 1.54) is 89.9 Å². The minimum Gasteiger partial charge on any atom is -0.452 e. The van der Waals surface area contributed by atoms with Gasteiger partial charge in [0.05, 0.1) is 21.7 Å². The summed E-state index contributed by atoms with van der Waals surface area (Å²) in [5.74, 6) is 10.0. The van der Waals surface area contributed by atoms with Crippen molar-refractivity contribution in [2.75, 3.05) is 0 Å². The molecule has 0 aromatic heterocycles. The van der Waals surface area contributed by atoms with Gasteiger partial charge in [0.1, 0.15) is 5.78 Å². The summed E-state index contributed by atoms with van der Waals surface area (Å²) >= 11 is 0. The molecule has 8 fully saturated rings. The van der Waals surface area contributed by atoms with Crippen LogP contribution in [-0.2, 0) is 14.1 Å². The van der Waals surface area contributed by atoms with Crippen LogP contribution in [0, 0.1) is 92.7 Å². The van der Waals surface area contributed by atoms with E-state index in [9.17, 15) is 19.8 Å². The summed E-state index contributed by atoms with van der Waals surface area (Å²) in [7, 11) is 2.09. The average molecular weight is 783 g/mol. The topological polar surface area (TPSA) is 83.8 Å². The molecule has 19 atom stereocenters. The van der Waals surface area contributed by atoms with Crippen LogP contribution in [0.5, 0.6) is 0 Å². The standard InChI is InChI=1S/C25H42O2.C24H41O3P/c1-16(5-6-17(2)26)21-9-10-22-20-8-7-18-15-19(27)11-13-24(18,3)23(20)12-14-25(21,22)4;1-15(4-9-22(26)27-28)19-7-8-20-18-6-5-16-14-17(25)10-12-23(16,2)21(18)11-13-24(19,20)3/h16,18-23,27H,5-15H2,1-4H3;15-21,25H,4-14,28H2,1-3H3/t16-,18-,19-,20?,21-,22?,23?,24+,25-;15-,16-,17-,18?,19-,20?,21?,23+,24-/m11/s1. The van der Waals surface area contributed by atoms with Gasteiger partial charge in [-0.3, -0.25) is 4.79 Å². The lowest BCUT2D eigenvalue weighted by atomic mass is 9.44. The fraction of sp³-hybridized carbons (Fsp3) is 0.959. The van der Waals surface area contributed by atoms with Crippen molar-refractivity contribution in [2.45, 2.75) is 202 Å². The van der Waals surface area contributed by atoms with Crippen molar-refractivity contribution in [3.8, 4) is 0 Å². The van der Waals surface area contributed by atoms with Crippen molar-refractivity contribution in [1.29, 1.82) is 0 Å². The normalized spacial score (nSPS) is 49.6. The first kappa shape index (κ1) is 42.6. The SMILES string of the molecule is CC(=O)CC[C@@H](C)[C@H]1CCC2C3CC[C@@H]4C[C@H](O)CC[C@]4(C)C3CC[C@@]21C.C[C@H](CCC(=O)OP)[C@H]1CCC2C3CC[C@@H]4C[C@H](O)CC[C@]4(C)C3CC[C@@]21C. The Morgan fingerprint density at radius 2 is 0.982 bits per heavy atom. The van der Waals surface area contributed by atoms with Gasteiger partial charge in [-0.25, -0.2) is 0 Å². The summed E-state index contributed by atoms with van der Waals surface area (Å²) in [5.41, 5.74) is 1.93. The van der Waals surface area contributed by atoms with Crippen LogP contribution in [0.4, 0.5) is 0 Å². The third-order valence-corrected chi connectivity index (χ3v) is 20.9. The maximum Gasteiger partial charge on any atom is 0.307 e. The van der Waals surface area contributed by atoms with Gasteiger partial charge in [-0.1, -0.05) is 41.5 Å². The Kier molecular flexibility index (Phi) is 12.8. The molecule has 0 saturated heterocycles. The Balaban J connectivity index is 0.000000169. The van der Waals surface area contributed by atoms with Gasteiger partial charge in [0.15, 0.2) is 0 Å². The molecule has 7 unspecified atom stereocenters. The minimum atomic E-state index is -0.0917. The zero-order valence-corrected chi connectivity index (χ0v) is 37.5. The van der Waals surface area contributed by atoms with E-state index >= 15 is 0 Å². The number of hydrogen-bond donors (Lipinski definition) is 2. The molecular weight excluding hydrogens is 700 g/mol. The summed E-state index contributed by atoms with van der Waals surface area (Å²) in [6.07, 6.45) is 26.6. The first-order chi connectivity index (χ1) is 26.0. The molecule has 0 heterocycles. The lowest BCUT2D eigenvalue weighted by molar-refractivity contribution is -0.134. The highest BCUT2D eigenvalue weighted by Gasteiger charge is 2.62. The molecular formula is C49H83O5P. The molecule has 0 amide bonds. The van der Waals surface area contributed by atoms with Gasteiger partial charge in [0.2, 0.25) is 0 Å². The lowest BCUT2D eigenvalue weighted by Crippen LogP contribution is -2.54. The maximum absolute atomic E-state index is 11.6. The smallest absolute Gasteiger partial charge is 0.307 e. The van der Waals surface area contributed by atoms with Gasteiger partial charge in [-0.15, -0.1) is 0 Å². The van der Waals surface area contributed by atoms with Crippen molar-refractivity contribution in [3.05, 3.63) is 0 Å². The second-order valence-electron chi connectivity index (χ2n) is 22.9. The highest BCUT2D eigenvalue weighted by Crippen LogP contribution is 2.70. The van der Waals surface area contributed by atoms with Crippen LogP contribution in [0.25, 0.3) is 0 Å². The van der Waals surface area contributed by atoms with Crippen LogP contribution in [0.1, 0.15) is 190 Å². The van der Waals surface area contributed by atoms with E-state index in [1.807, 2.05) is 0 Å². The van der Waals surface area contributed by atoms with Crippen LogP contribution >= 0.6 is 9.47 Å². The van der Waals surface area contributed by atoms with Crippen molar-refractivity contribution >= 4 is 21.2 Å². The molecule has 8 aliphatic rings. The van der Waals surface area contributed by atoms with E-state index in [0.29, 0.717) is 45.7 Å². The Morgan fingerprint density at radius 1 is 0.582 bits per heavy atom. The van der Waals surface area contributed by atoms with E-state index in [2.05, 4.69) is 51.0 Å². The van der Waals surface area contributed by atoms with Crippen LogP contribution in [0.2, 0.25) is 0 Å². The number of carbonyl (C=O) groups is 2. The molecule has 6 heteroatoms. The van der Waals surface area contributed by atoms with Crippen LogP contribution in [-0.4, -0.2) is 34.2 Å². The molecule has 0 radical (unpaired) electrons. The van der Waals surface area contributed by atoms with Crippen molar-refractivity contribution in [1.82, 2.24) is 0 Å². The Bertz CT molecular complexity index is 1370. The van der Waals surface area contributed by atoms with Crippen molar-refractivity contribution < 1.29 is 24.3 Å². The number of ketones is 1. The van der Waals surface area contributed by atoms with Gasteiger partial charge in [0.25, 0.3) is 0 Å². The molecule has 0 aromatic rings. The van der Waals surface area contributed by atoms with E-state index < -0.39 is 0 Å². The number of aliphatic hydroxyl groups is 2. The van der Waals surface area contributed by atoms with E-state index in [1.54, 1.807) is 6.92 Å². The van der Waals surface area contributed by atoms with Crippen molar-refractivity contribution in [3.63, 3.8) is 0 Å². The zero-order valence-electron chi connectivity index (χ0n) is 36.3. The third-order valence-electron chi connectivity index (χ3n) is 20.7. The quantitative estimate of drug-likeness (QED) is 0.240. The van der Waals surface area contributed by atoms with E-state index in [0.717, 1.165) is 104 Å². The predicted octanol–water partition coefficient (Wildman–Crippen LogP) is 11.8. The average Bonchev–Trinajstić information content (AvgIpc) is 3.70. The van der Waals surface area contributed by atoms with Crippen molar-refractivity contribution in [2.24, 2.45) is 92.7 Å². The second kappa shape index (κ2) is 16.5. The van der Waals surface area contributed by atoms with Gasteiger partial charge in [-0.05, 0) is 228 Å². The number of fused-ring (bicyclic) bond motifs is 10. The fourth-order valence-corrected chi connectivity index (χ4v) is 17.8. The monoisotopic (exact) mass is 783 g/mol. The predicted molar refractivity (Wildman–Crippen MR) is 226 cm³/mol. The van der Waals surface area contributed by atoms with Gasteiger partial charge in [-0.2, -0.15) is 0 Å². The molecule has 8 saturated carbocycles. The molecule has 2 N–H and O–H groups in total. The number of rotatable bonds is 8. The fourth-order valence-electron chi connectivity index (χ4n) is 17.7. The first-order valence-corrected chi connectivity index (χ1v) is 24.3. The molecule has 0 aliphatic heterocycles. The first-order valence-electron chi connectivity index (χ1n) is 23.8. The summed E-state index contributed by atoms with van der Waals surface area (Å²) < 4.78 is 4.79. The zero-order chi connectivity index (χ0) is 39.5. The summed E-state index contributed by atoms with van der Waals surface area (Å²) in [6.45, 7) is 16.9. The second-order valence-corrected chi connectivity index (χ2v) is 23.1. The minimum absolute atomic E-state index is 0.0357. The number of aliphatic hydroxyl groups excluding tert-OH is 2. The van der Waals surface area contributed by atoms with Gasteiger partial charge < -0.3 is 19.5 Å². The molecule has 0 bridgehead atoms. The molecule has 8 aliphatic carbocycles. The summed E-state index contributed by atoms with van der Waals surface area (Å²) in [6, 6.07) is 0. The Labute approximate surface area is 339 Å². The van der Waals surface area contributed by atoms with Crippen LogP contribution in [0.3, 0.4) is 0 Å². The van der Waals surface area contributed by atoms with Crippen LogP contribution in [0.15, 0.2) is 0 Å². The molecule has 55 heavy (non-hydrogen) atoms. The number of Topliss-reactive ketones (excluding diaryl/α,β-unsaturated/α-hetero) is 1. The molecule has 8 rings (SSSR count). The third kappa shape index (κ3) is 7.73. The van der Waals surface area contributed by atoms with E-state index in [-0.39, 0.29) is 18.2 Å². The molecule has 5 nitrogen and oxygen atoms in total. The van der Waals surface area contributed by atoms with Gasteiger partial charge in [0, 0.05) is 12.8 Å². The number of hydrogen-bond acceptors (Lipinski definition) is 5. The van der Waals surface area contributed by atoms with E-state index in [4.69, 9.17) is 4.52 Å². The number of carbonyl (C=O) groups excluding carboxylic acids is 2. The summed E-state index contributed by atoms with van der Waals surface area (Å²) in [4.78, 5) is 23.1. The largest absolute Gasteiger partial charge is 0.452 e. The highest BCUT2D eigenvalue weighted by atomic mass is 31.0.